The summed E-state index contributed by atoms with van der Waals surface area (Å²) < 4.78 is 1.30. The molecular weight excluding hydrogens is 322 g/mol. The quantitative estimate of drug-likeness (QED) is 0.801. The van der Waals surface area contributed by atoms with Gasteiger partial charge in [0.2, 0.25) is 5.91 Å². The minimum Gasteiger partial charge on any atom is -0.324 e. The van der Waals surface area contributed by atoms with Crippen LogP contribution in [0.5, 0.6) is 0 Å². The molecule has 0 unspecified atom stereocenters. The number of carbonyl (C=O) groups excluding carboxylic acids is 1. The van der Waals surface area contributed by atoms with Crippen LogP contribution in [-0.2, 0) is 11.3 Å². The molecule has 0 fully saturated rings. The number of nitrogens with zero attached hydrogens (tertiary/aromatic N) is 2. The van der Waals surface area contributed by atoms with Crippen molar-refractivity contribution in [3.05, 3.63) is 56.9 Å². The Bertz CT molecular complexity index is 917. The number of amides is 1. The second-order valence-electron chi connectivity index (χ2n) is 4.81. The van der Waals surface area contributed by atoms with Crippen molar-refractivity contribution >= 4 is 44.7 Å². The summed E-state index contributed by atoms with van der Waals surface area (Å²) >= 11 is 7.32. The number of fused-ring (bicyclic) bond motifs is 1. The van der Waals surface area contributed by atoms with Crippen molar-refractivity contribution in [3.63, 3.8) is 0 Å². The Balaban J connectivity index is 1.82. The molecule has 0 bridgehead atoms. The number of nitrogens with one attached hydrogen (secondary N) is 1. The van der Waals surface area contributed by atoms with Gasteiger partial charge in [0, 0.05) is 15.6 Å². The molecule has 7 heteroatoms. The first kappa shape index (κ1) is 14.7. The van der Waals surface area contributed by atoms with Gasteiger partial charge in [-0.2, -0.15) is 0 Å². The molecule has 0 aliphatic carbocycles. The van der Waals surface area contributed by atoms with E-state index in [9.17, 15) is 9.59 Å². The second kappa shape index (κ2) is 5.90. The molecule has 2 heterocycles. The average Bonchev–Trinajstić information content (AvgIpc) is 2.83. The summed E-state index contributed by atoms with van der Waals surface area (Å²) in [7, 11) is 0. The number of benzene rings is 1. The highest BCUT2D eigenvalue weighted by molar-refractivity contribution is 7.18. The van der Waals surface area contributed by atoms with Crippen molar-refractivity contribution in [2.75, 3.05) is 5.32 Å². The van der Waals surface area contributed by atoms with E-state index in [1.807, 2.05) is 6.92 Å². The van der Waals surface area contributed by atoms with E-state index >= 15 is 0 Å². The van der Waals surface area contributed by atoms with E-state index in [2.05, 4.69) is 10.3 Å². The molecule has 112 valence electrons. The van der Waals surface area contributed by atoms with Gasteiger partial charge in [0.15, 0.2) is 0 Å². The smallest absolute Gasteiger partial charge is 0.262 e. The lowest BCUT2D eigenvalue weighted by Crippen LogP contribution is -2.27. The Labute approximate surface area is 135 Å². The third-order valence-corrected chi connectivity index (χ3v) is 4.26. The third kappa shape index (κ3) is 3.03. The topological polar surface area (TPSA) is 64.0 Å². The van der Waals surface area contributed by atoms with Crippen LogP contribution >= 0.6 is 22.9 Å². The summed E-state index contributed by atoms with van der Waals surface area (Å²) in [4.78, 5) is 30.3. The minimum absolute atomic E-state index is 0.0941. The summed E-state index contributed by atoms with van der Waals surface area (Å²) in [5.41, 5.74) is 0.376. The first-order chi connectivity index (χ1) is 10.5. The van der Waals surface area contributed by atoms with E-state index in [4.69, 9.17) is 11.6 Å². The molecule has 0 spiro atoms. The number of anilines is 1. The van der Waals surface area contributed by atoms with Crippen LogP contribution in [0.3, 0.4) is 0 Å². The van der Waals surface area contributed by atoms with Crippen molar-refractivity contribution in [2.24, 2.45) is 0 Å². The molecule has 1 N–H and O–H groups in total. The number of thiophene rings is 1. The van der Waals surface area contributed by atoms with E-state index < -0.39 is 0 Å². The van der Waals surface area contributed by atoms with Crippen molar-refractivity contribution in [3.8, 4) is 0 Å². The highest BCUT2D eigenvalue weighted by Crippen LogP contribution is 2.19. The Morgan fingerprint density at radius 2 is 2.23 bits per heavy atom. The molecule has 22 heavy (non-hydrogen) atoms. The van der Waals surface area contributed by atoms with Crippen LogP contribution in [0.4, 0.5) is 5.69 Å². The number of halogens is 1. The van der Waals surface area contributed by atoms with Crippen molar-refractivity contribution in [2.45, 2.75) is 13.5 Å². The molecule has 1 aromatic carbocycles. The van der Waals surface area contributed by atoms with Gasteiger partial charge in [-0.25, -0.2) is 4.98 Å². The zero-order valence-electron chi connectivity index (χ0n) is 11.7. The number of aryl methyl sites for hydroxylation is 1. The van der Waals surface area contributed by atoms with Crippen LogP contribution in [0.25, 0.3) is 10.2 Å². The Kier molecular flexibility index (Phi) is 3.96. The molecule has 0 atom stereocenters. The predicted molar refractivity (Wildman–Crippen MR) is 88.7 cm³/mol. The highest BCUT2D eigenvalue weighted by atomic mass is 35.5. The first-order valence-corrected chi connectivity index (χ1v) is 7.73. The monoisotopic (exact) mass is 333 g/mol. The molecule has 0 saturated heterocycles. The maximum atomic E-state index is 12.3. The predicted octanol–water partition coefficient (Wildman–Crippen LogP) is 3.06. The van der Waals surface area contributed by atoms with Gasteiger partial charge in [0.1, 0.15) is 11.4 Å². The zero-order chi connectivity index (χ0) is 15.7. The lowest BCUT2D eigenvalue weighted by Gasteiger charge is -2.07. The second-order valence-corrected chi connectivity index (χ2v) is 6.48. The lowest BCUT2D eigenvalue weighted by molar-refractivity contribution is -0.116. The summed E-state index contributed by atoms with van der Waals surface area (Å²) in [5.74, 6) is -0.308. The number of hydrogen-bond donors (Lipinski definition) is 1. The summed E-state index contributed by atoms with van der Waals surface area (Å²) in [5, 5.41) is 3.78. The maximum absolute atomic E-state index is 12.3. The molecule has 0 saturated carbocycles. The van der Waals surface area contributed by atoms with E-state index in [0.29, 0.717) is 20.9 Å². The SMILES string of the molecule is Cc1cc2c(=O)n(CC(=O)Nc3cccc(Cl)c3)cnc2s1. The van der Waals surface area contributed by atoms with E-state index in [1.165, 1.54) is 22.2 Å². The van der Waals surface area contributed by atoms with Gasteiger partial charge in [0.05, 0.1) is 11.7 Å². The van der Waals surface area contributed by atoms with Gasteiger partial charge < -0.3 is 5.32 Å². The van der Waals surface area contributed by atoms with Gasteiger partial charge in [-0.05, 0) is 31.2 Å². The first-order valence-electron chi connectivity index (χ1n) is 6.54. The Morgan fingerprint density at radius 3 is 3.00 bits per heavy atom. The summed E-state index contributed by atoms with van der Waals surface area (Å²) in [6.07, 6.45) is 1.40. The molecule has 1 amide bonds. The third-order valence-electron chi connectivity index (χ3n) is 3.06. The molecule has 3 rings (SSSR count). The number of hydrogen-bond acceptors (Lipinski definition) is 4. The number of carbonyl (C=O) groups is 1. The van der Waals surface area contributed by atoms with E-state index in [-0.39, 0.29) is 18.0 Å². The number of rotatable bonds is 3. The van der Waals surface area contributed by atoms with Crippen LogP contribution in [0.1, 0.15) is 4.88 Å². The van der Waals surface area contributed by atoms with Gasteiger partial charge in [-0.15, -0.1) is 11.3 Å². The summed E-state index contributed by atoms with van der Waals surface area (Å²) in [6.45, 7) is 1.82. The van der Waals surface area contributed by atoms with E-state index in [0.717, 1.165) is 4.88 Å². The maximum Gasteiger partial charge on any atom is 0.262 e. The molecule has 3 aromatic rings. The highest BCUT2D eigenvalue weighted by Gasteiger charge is 2.10. The number of aromatic nitrogens is 2. The standard InChI is InChI=1S/C15H12ClN3O2S/c1-9-5-12-14(22-9)17-8-19(15(12)21)7-13(20)18-11-4-2-3-10(16)6-11/h2-6,8H,7H2,1H3,(H,18,20). The van der Waals surface area contributed by atoms with Gasteiger partial charge in [-0.3, -0.25) is 14.2 Å². The van der Waals surface area contributed by atoms with Crippen LogP contribution in [0.15, 0.2) is 41.5 Å². The average molecular weight is 334 g/mol. The van der Waals surface area contributed by atoms with Crippen LogP contribution in [0.2, 0.25) is 5.02 Å². The van der Waals surface area contributed by atoms with Gasteiger partial charge in [-0.1, -0.05) is 17.7 Å². The van der Waals surface area contributed by atoms with Crippen molar-refractivity contribution in [1.29, 1.82) is 0 Å². The minimum atomic E-state index is -0.308. The fourth-order valence-electron chi connectivity index (χ4n) is 2.11. The molecular formula is C15H12ClN3O2S. The summed E-state index contributed by atoms with van der Waals surface area (Å²) in [6, 6.07) is 8.63. The van der Waals surface area contributed by atoms with Crippen LogP contribution < -0.4 is 10.9 Å². The molecule has 0 aliphatic rings. The molecule has 2 aromatic heterocycles. The molecule has 0 radical (unpaired) electrons. The lowest BCUT2D eigenvalue weighted by atomic mass is 10.3. The molecule has 5 nitrogen and oxygen atoms in total. The Morgan fingerprint density at radius 1 is 1.41 bits per heavy atom. The Hall–Kier alpha value is -2.18. The fraction of sp³-hybridized carbons (Fsp3) is 0.133. The fourth-order valence-corrected chi connectivity index (χ4v) is 3.14. The van der Waals surface area contributed by atoms with Crippen LogP contribution in [0, 0.1) is 6.92 Å². The van der Waals surface area contributed by atoms with Crippen molar-refractivity contribution < 1.29 is 4.79 Å². The normalized spacial score (nSPS) is 10.8. The van der Waals surface area contributed by atoms with Gasteiger partial charge >= 0.3 is 0 Å². The van der Waals surface area contributed by atoms with E-state index in [1.54, 1.807) is 30.3 Å². The zero-order valence-corrected chi connectivity index (χ0v) is 13.2. The van der Waals surface area contributed by atoms with Crippen molar-refractivity contribution in [1.82, 2.24) is 9.55 Å². The van der Waals surface area contributed by atoms with Gasteiger partial charge in [0.25, 0.3) is 5.56 Å². The largest absolute Gasteiger partial charge is 0.324 e. The van der Waals surface area contributed by atoms with Crippen LogP contribution in [-0.4, -0.2) is 15.5 Å². The molecule has 0 aliphatic heterocycles.